The molecule has 0 aromatic rings. The summed E-state index contributed by atoms with van der Waals surface area (Å²) in [6.45, 7) is 5.85. The van der Waals surface area contributed by atoms with Gasteiger partial charge in [0.15, 0.2) is 0 Å². The number of hydrogen-bond acceptors (Lipinski definition) is 2. The summed E-state index contributed by atoms with van der Waals surface area (Å²) < 4.78 is 0. The zero-order valence-corrected chi connectivity index (χ0v) is 3.90. The summed E-state index contributed by atoms with van der Waals surface area (Å²) >= 11 is 0. The van der Waals surface area contributed by atoms with Crippen molar-refractivity contribution in [3.8, 4) is 0 Å². The van der Waals surface area contributed by atoms with Gasteiger partial charge < -0.3 is 4.84 Å². The second-order valence-corrected chi connectivity index (χ2v) is 1.27. The molecule has 0 aliphatic heterocycles. The van der Waals surface area contributed by atoms with Crippen LogP contribution in [0.15, 0.2) is 12.2 Å². The molecule has 36 valence electrons. The van der Waals surface area contributed by atoms with E-state index in [4.69, 9.17) is 0 Å². The average Bonchev–Trinajstić information content (AvgIpc) is 1.35. The first-order valence-corrected chi connectivity index (χ1v) is 1.73. The molecular weight excluding hydrogens is 78.0 g/mol. The van der Waals surface area contributed by atoms with Crippen LogP contribution in [0.4, 0.5) is 0 Å². The van der Waals surface area contributed by atoms with Crippen LogP contribution in [0, 0.1) is 0 Å². The molecule has 0 fully saturated rings. The zero-order chi connectivity index (χ0) is 4.99. The summed E-state index contributed by atoms with van der Waals surface area (Å²) in [7, 11) is 0. The zero-order valence-electron chi connectivity index (χ0n) is 3.90. The maximum atomic E-state index is 4.67. The van der Waals surface area contributed by atoms with Crippen molar-refractivity contribution in [1.29, 1.82) is 0 Å². The Labute approximate surface area is 37.6 Å². The van der Waals surface area contributed by atoms with Crippen LogP contribution < -0.4 is 5.90 Å². The van der Waals surface area contributed by atoms with Gasteiger partial charge in [-0.05, 0) is 6.92 Å². The van der Waals surface area contributed by atoms with Crippen molar-refractivity contribution in [2.45, 2.75) is 6.92 Å². The third-order valence-electron chi connectivity index (χ3n) is 0.330. The SMILES string of the molecule is C=C(C)CON. The highest BCUT2D eigenvalue weighted by atomic mass is 16.6. The molecule has 0 saturated heterocycles. The predicted molar refractivity (Wildman–Crippen MR) is 25.0 cm³/mol. The first kappa shape index (κ1) is 5.66. The van der Waals surface area contributed by atoms with E-state index in [2.05, 4.69) is 17.3 Å². The van der Waals surface area contributed by atoms with Gasteiger partial charge in [0.2, 0.25) is 0 Å². The monoisotopic (exact) mass is 87.1 g/mol. The van der Waals surface area contributed by atoms with Gasteiger partial charge in [-0.3, -0.25) is 0 Å². The second kappa shape index (κ2) is 2.87. The third kappa shape index (κ3) is 3.66. The first-order chi connectivity index (χ1) is 2.77. The Morgan fingerprint density at radius 1 is 2.00 bits per heavy atom. The van der Waals surface area contributed by atoms with E-state index in [1.54, 1.807) is 0 Å². The van der Waals surface area contributed by atoms with E-state index >= 15 is 0 Å². The Hall–Kier alpha value is -0.340. The summed E-state index contributed by atoms with van der Waals surface area (Å²) in [5.41, 5.74) is 0.942. The molecule has 2 heteroatoms. The highest BCUT2D eigenvalue weighted by Crippen LogP contribution is 1.81. The molecule has 0 aromatic carbocycles. The Kier molecular flexibility index (Phi) is 2.71. The van der Waals surface area contributed by atoms with Crippen LogP contribution in [0.25, 0.3) is 0 Å². The smallest absolute Gasteiger partial charge is 0.0884 e. The van der Waals surface area contributed by atoms with Crippen LogP contribution in [-0.4, -0.2) is 6.61 Å². The van der Waals surface area contributed by atoms with E-state index in [9.17, 15) is 0 Å². The summed E-state index contributed by atoms with van der Waals surface area (Å²) in [4.78, 5) is 4.20. The number of rotatable bonds is 2. The van der Waals surface area contributed by atoms with Crippen LogP contribution in [0.5, 0.6) is 0 Å². The Morgan fingerprint density at radius 3 is 2.50 bits per heavy atom. The molecule has 0 bridgehead atoms. The third-order valence-corrected chi connectivity index (χ3v) is 0.330. The molecule has 0 aromatic heterocycles. The lowest BCUT2D eigenvalue weighted by molar-refractivity contribution is 0.161. The maximum Gasteiger partial charge on any atom is 0.0884 e. The van der Waals surface area contributed by atoms with Crippen molar-refractivity contribution in [1.82, 2.24) is 0 Å². The van der Waals surface area contributed by atoms with Crippen LogP contribution in [0.3, 0.4) is 0 Å². The molecule has 2 nitrogen and oxygen atoms in total. The van der Waals surface area contributed by atoms with Crippen LogP contribution in [0.2, 0.25) is 0 Å². The minimum atomic E-state index is 0.458. The molecule has 2 N–H and O–H groups in total. The number of hydrogen-bond donors (Lipinski definition) is 1. The summed E-state index contributed by atoms with van der Waals surface area (Å²) in [6, 6.07) is 0. The van der Waals surface area contributed by atoms with Gasteiger partial charge in [-0.25, -0.2) is 5.90 Å². The highest BCUT2D eigenvalue weighted by molar-refractivity contribution is 4.86. The molecule has 0 saturated carbocycles. The molecule has 0 rings (SSSR count). The largest absolute Gasteiger partial charge is 0.300 e. The quantitative estimate of drug-likeness (QED) is 0.392. The van der Waals surface area contributed by atoms with E-state index in [0.29, 0.717) is 6.61 Å². The van der Waals surface area contributed by atoms with Crippen molar-refractivity contribution in [2.24, 2.45) is 5.90 Å². The maximum absolute atomic E-state index is 4.67. The van der Waals surface area contributed by atoms with Crippen LogP contribution >= 0.6 is 0 Å². The first-order valence-electron chi connectivity index (χ1n) is 1.73. The fourth-order valence-electron chi connectivity index (χ4n) is 0.142. The van der Waals surface area contributed by atoms with E-state index in [-0.39, 0.29) is 0 Å². The molecule has 0 atom stereocenters. The summed E-state index contributed by atoms with van der Waals surface area (Å²) in [6.07, 6.45) is 0. The van der Waals surface area contributed by atoms with Crippen LogP contribution in [-0.2, 0) is 4.84 Å². The van der Waals surface area contributed by atoms with Gasteiger partial charge in [-0.15, -0.1) is 0 Å². The minimum Gasteiger partial charge on any atom is -0.300 e. The van der Waals surface area contributed by atoms with E-state index in [0.717, 1.165) is 5.57 Å². The van der Waals surface area contributed by atoms with Gasteiger partial charge in [0.1, 0.15) is 0 Å². The predicted octanol–water partition coefficient (Wildman–Crippen LogP) is 0.453. The van der Waals surface area contributed by atoms with E-state index in [1.165, 1.54) is 0 Å². The van der Waals surface area contributed by atoms with Gasteiger partial charge in [0.25, 0.3) is 0 Å². The molecule has 6 heavy (non-hydrogen) atoms. The summed E-state index contributed by atoms with van der Waals surface area (Å²) in [5.74, 6) is 4.67. The molecule has 0 aliphatic rings. The fraction of sp³-hybridized carbons (Fsp3) is 0.500. The Bertz CT molecular complexity index is 51.5. The van der Waals surface area contributed by atoms with Crippen LogP contribution in [0.1, 0.15) is 6.92 Å². The van der Waals surface area contributed by atoms with Gasteiger partial charge in [-0.2, -0.15) is 0 Å². The normalized spacial score (nSPS) is 8.33. The van der Waals surface area contributed by atoms with E-state index < -0.39 is 0 Å². The molecule has 0 spiro atoms. The second-order valence-electron chi connectivity index (χ2n) is 1.27. The Balaban J connectivity index is 2.83. The molecule has 0 aliphatic carbocycles. The van der Waals surface area contributed by atoms with Gasteiger partial charge in [0.05, 0.1) is 6.61 Å². The average molecular weight is 87.1 g/mol. The number of nitrogens with two attached hydrogens (primary N) is 1. The van der Waals surface area contributed by atoms with E-state index in [1.807, 2.05) is 6.92 Å². The van der Waals surface area contributed by atoms with Crippen molar-refractivity contribution in [3.05, 3.63) is 12.2 Å². The molecule has 0 unspecified atom stereocenters. The molecular formula is C4H9NO. The molecule has 0 radical (unpaired) electrons. The topological polar surface area (TPSA) is 35.2 Å². The summed E-state index contributed by atoms with van der Waals surface area (Å²) in [5, 5.41) is 0. The fourth-order valence-corrected chi connectivity index (χ4v) is 0.142. The lowest BCUT2D eigenvalue weighted by Crippen LogP contribution is -2.00. The van der Waals surface area contributed by atoms with Crippen molar-refractivity contribution < 1.29 is 4.84 Å². The van der Waals surface area contributed by atoms with Crippen molar-refractivity contribution >= 4 is 0 Å². The Morgan fingerprint density at radius 2 is 2.50 bits per heavy atom. The minimum absolute atomic E-state index is 0.458. The molecule has 0 heterocycles. The van der Waals surface area contributed by atoms with Gasteiger partial charge in [0, 0.05) is 0 Å². The van der Waals surface area contributed by atoms with Gasteiger partial charge in [-0.1, -0.05) is 12.2 Å². The van der Waals surface area contributed by atoms with Crippen molar-refractivity contribution in [3.63, 3.8) is 0 Å². The lowest BCUT2D eigenvalue weighted by atomic mass is 10.4. The molecule has 0 amide bonds. The lowest BCUT2D eigenvalue weighted by Gasteiger charge is -1.89. The highest BCUT2D eigenvalue weighted by Gasteiger charge is 1.76. The van der Waals surface area contributed by atoms with Gasteiger partial charge >= 0.3 is 0 Å². The standard InChI is InChI=1S/C4H9NO/c1-4(2)3-6-5/h1,3,5H2,2H3. The van der Waals surface area contributed by atoms with Crippen molar-refractivity contribution in [2.75, 3.05) is 6.61 Å².